The van der Waals surface area contributed by atoms with E-state index in [-0.39, 0.29) is 0 Å². The number of benzene rings is 1. The van der Waals surface area contributed by atoms with Crippen LogP contribution in [0.5, 0.6) is 0 Å². The highest BCUT2D eigenvalue weighted by molar-refractivity contribution is 5.79. The van der Waals surface area contributed by atoms with Crippen LogP contribution in [0, 0.1) is 12.3 Å². The second-order valence-corrected chi connectivity index (χ2v) is 2.08. The number of hydrogen-bond donors (Lipinski definition) is 0. The van der Waals surface area contributed by atoms with Crippen molar-refractivity contribution >= 4 is 6.21 Å². The van der Waals surface area contributed by atoms with E-state index in [4.69, 9.17) is 6.42 Å². The molecule has 0 amide bonds. The van der Waals surface area contributed by atoms with Crippen LogP contribution < -0.4 is 0 Å². The Morgan fingerprint density at radius 3 is 2.73 bits per heavy atom. The lowest BCUT2D eigenvalue weighted by Crippen LogP contribution is -1.80. The number of hydrogen-bond acceptors (Lipinski definition) is 1. The van der Waals surface area contributed by atoms with E-state index in [9.17, 15) is 0 Å². The van der Waals surface area contributed by atoms with Crippen molar-refractivity contribution < 1.29 is 0 Å². The maximum absolute atomic E-state index is 5.03. The molecular weight excluding hydrogens is 134 g/mol. The Balaban J connectivity index is 2.59. The van der Waals surface area contributed by atoms with Gasteiger partial charge in [0, 0.05) is 6.21 Å². The zero-order valence-electron chi connectivity index (χ0n) is 6.20. The lowest BCUT2D eigenvalue weighted by atomic mass is 10.2. The highest BCUT2D eigenvalue weighted by atomic mass is 14.7. The maximum Gasteiger partial charge on any atom is 0.0995 e. The lowest BCUT2D eigenvalue weighted by Gasteiger charge is -1.87. The topological polar surface area (TPSA) is 12.4 Å². The van der Waals surface area contributed by atoms with E-state index in [2.05, 4.69) is 10.9 Å². The first-order chi connectivity index (χ1) is 5.43. The van der Waals surface area contributed by atoms with Crippen LogP contribution in [-0.4, -0.2) is 12.8 Å². The fourth-order valence-electron chi connectivity index (χ4n) is 0.743. The molecule has 0 aliphatic heterocycles. The summed E-state index contributed by atoms with van der Waals surface area (Å²) in [5.74, 6) is 2.44. The molecule has 11 heavy (non-hydrogen) atoms. The highest BCUT2D eigenvalue weighted by Gasteiger charge is 1.80. The molecule has 0 aliphatic carbocycles. The molecule has 0 spiro atoms. The first-order valence-electron chi connectivity index (χ1n) is 3.42. The van der Waals surface area contributed by atoms with E-state index in [1.165, 1.54) is 0 Å². The van der Waals surface area contributed by atoms with Crippen LogP contribution >= 0.6 is 0 Å². The van der Waals surface area contributed by atoms with Crippen LogP contribution in [0.15, 0.2) is 35.3 Å². The second-order valence-electron chi connectivity index (χ2n) is 2.08. The molecular formula is C10H9N. The molecule has 54 valence electrons. The van der Waals surface area contributed by atoms with E-state index in [0.29, 0.717) is 6.54 Å². The van der Waals surface area contributed by atoms with Gasteiger partial charge in [0.2, 0.25) is 0 Å². The minimum Gasteiger partial charge on any atom is -0.280 e. The van der Waals surface area contributed by atoms with Crippen LogP contribution in [0.2, 0.25) is 0 Å². The zero-order chi connectivity index (χ0) is 7.94. The first-order valence-corrected chi connectivity index (χ1v) is 3.42. The van der Waals surface area contributed by atoms with E-state index >= 15 is 0 Å². The maximum atomic E-state index is 5.03. The lowest BCUT2D eigenvalue weighted by molar-refractivity contribution is 1.30. The Morgan fingerprint density at radius 1 is 1.36 bits per heavy atom. The minimum atomic E-state index is 0.453. The molecule has 1 aromatic carbocycles. The standard InChI is InChI=1S/C10H9N/c1-2-8-11-9-10-6-4-3-5-7-10/h1,3-7,9H,8H2. The van der Waals surface area contributed by atoms with Gasteiger partial charge in [-0.15, -0.1) is 6.42 Å². The summed E-state index contributed by atoms with van der Waals surface area (Å²) in [4.78, 5) is 4.00. The van der Waals surface area contributed by atoms with Crippen LogP contribution in [-0.2, 0) is 0 Å². The van der Waals surface area contributed by atoms with E-state index in [1.807, 2.05) is 30.3 Å². The van der Waals surface area contributed by atoms with Gasteiger partial charge in [0.25, 0.3) is 0 Å². The summed E-state index contributed by atoms with van der Waals surface area (Å²) in [6.07, 6.45) is 6.81. The van der Waals surface area contributed by atoms with Gasteiger partial charge in [0.15, 0.2) is 0 Å². The van der Waals surface area contributed by atoms with E-state index < -0.39 is 0 Å². The van der Waals surface area contributed by atoms with Gasteiger partial charge in [-0.05, 0) is 5.56 Å². The van der Waals surface area contributed by atoms with Crippen molar-refractivity contribution in [3.8, 4) is 12.3 Å². The van der Waals surface area contributed by atoms with Gasteiger partial charge in [-0.25, -0.2) is 0 Å². The molecule has 0 aliphatic rings. The molecule has 1 heteroatoms. The quantitative estimate of drug-likeness (QED) is 0.441. The van der Waals surface area contributed by atoms with Gasteiger partial charge >= 0.3 is 0 Å². The van der Waals surface area contributed by atoms with Crippen molar-refractivity contribution in [2.75, 3.05) is 6.54 Å². The van der Waals surface area contributed by atoms with Gasteiger partial charge in [0.1, 0.15) is 0 Å². The average molecular weight is 143 g/mol. The van der Waals surface area contributed by atoms with E-state index in [0.717, 1.165) is 5.56 Å². The molecule has 0 unspecified atom stereocenters. The largest absolute Gasteiger partial charge is 0.280 e. The van der Waals surface area contributed by atoms with Crippen LogP contribution in [0.25, 0.3) is 0 Å². The summed E-state index contributed by atoms with van der Waals surface area (Å²) < 4.78 is 0. The molecule has 0 saturated carbocycles. The van der Waals surface area contributed by atoms with Crippen molar-refractivity contribution in [2.45, 2.75) is 0 Å². The summed E-state index contributed by atoms with van der Waals surface area (Å²) in [7, 11) is 0. The SMILES string of the molecule is C#CCN=Cc1ccccc1. The summed E-state index contributed by atoms with van der Waals surface area (Å²) in [5, 5.41) is 0. The number of terminal acetylenes is 1. The smallest absolute Gasteiger partial charge is 0.0995 e. The molecule has 0 saturated heterocycles. The Bertz CT molecular complexity index is 267. The summed E-state index contributed by atoms with van der Waals surface area (Å²) >= 11 is 0. The Morgan fingerprint density at radius 2 is 2.09 bits per heavy atom. The summed E-state index contributed by atoms with van der Waals surface area (Å²) in [5.41, 5.74) is 1.09. The van der Waals surface area contributed by atoms with Crippen LogP contribution in [0.1, 0.15) is 5.56 Å². The molecule has 0 radical (unpaired) electrons. The molecule has 0 N–H and O–H groups in total. The van der Waals surface area contributed by atoms with Gasteiger partial charge in [-0.3, -0.25) is 4.99 Å². The molecule has 0 bridgehead atoms. The predicted octanol–water partition coefficient (Wildman–Crippen LogP) is 1.74. The van der Waals surface area contributed by atoms with Gasteiger partial charge in [0.05, 0.1) is 6.54 Å². The monoisotopic (exact) mass is 143 g/mol. The van der Waals surface area contributed by atoms with Crippen molar-refractivity contribution in [3.63, 3.8) is 0 Å². The molecule has 0 heterocycles. The fraction of sp³-hybridized carbons (Fsp3) is 0.100. The van der Waals surface area contributed by atoms with Crippen LogP contribution in [0.4, 0.5) is 0 Å². The Labute approximate surface area is 66.8 Å². The molecule has 1 nitrogen and oxygen atoms in total. The molecule has 0 atom stereocenters. The molecule has 0 fully saturated rings. The van der Waals surface area contributed by atoms with Gasteiger partial charge in [-0.2, -0.15) is 0 Å². The second kappa shape index (κ2) is 4.29. The van der Waals surface area contributed by atoms with E-state index in [1.54, 1.807) is 6.21 Å². The Kier molecular flexibility index (Phi) is 2.95. The Hall–Kier alpha value is -1.55. The van der Waals surface area contributed by atoms with Crippen molar-refractivity contribution in [1.82, 2.24) is 0 Å². The third-order valence-corrected chi connectivity index (χ3v) is 1.22. The van der Waals surface area contributed by atoms with Crippen molar-refractivity contribution in [3.05, 3.63) is 35.9 Å². The molecule has 1 rings (SSSR count). The molecule has 1 aromatic rings. The van der Waals surface area contributed by atoms with Crippen molar-refractivity contribution in [2.24, 2.45) is 4.99 Å². The number of nitrogens with zero attached hydrogens (tertiary/aromatic N) is 1. The fourth-order valence-corrected chi connectivity index (χ4v) is 0.743. The normalized spacial score (nSPS) is 9.73. The first kappa shape index (κ1) is 7.56. The van der Waals surface area contributed by atoms with Crippen LogP contribution in [0.3, 0.4) is 0 Å². The zero-order valence-corrected chi connectivity index (χ0v) is 6.20. The number of aliphatic imine (C=N–C) groups is 1. The minimum absolute atomic E-state index is 0.453. The number of rotatable bonds is 2. The van der Waals surface area contributed by atoms with Gasteiger partial charge < -0.3 is 0 Å². The van der Waals surface area contributed by atoms with Gasteiger partial charge in [-0.1, -0.05) is 36.3 Å². The van der Waals surface area contributed by atoms with Crippen molar-refractivity contribution in [1.29, 1.82) is 0 Å². The third kappa shape index (κ3) is 2.68. The average Bonchev–Trinajstić information content (AvgIpc) is 2.07. The summed E-state index contributed by atoms with van der Waals surface area (Å²) in [6.45, 7) is 0.453. The third-order valence-electron chi connectivity index (χ3n) is 1.22. The highest BCUT2D eigenvalue weighted by Crippen LogP contribution is 1.93. The predicted molar refractivity (Wildman–Crippen MR) is 47.7 cm³/mol. The molecule has 0 aromatic heterocycles. The summed E-state index contributed by atoms with van der Waals surface area (Å²) in [6, 6.07) is 9.88.